The number of carbonyl (C=O) groups is 2. The molecule has 24 heavy (non-hydrogen) atoms. The van der Waals surface area contributed by atoms with Crippen molar-refractivity contribution in [1.82, 2.24) is 0 Å². The number of anilines is 1. The summed E-state index contributed by atoms with van der Waals surface area (Å²) in [7, 11) is 0. The summed E-state index contributed by atoms with van der Waals surface area (Å²) in [5.41, 5.74) is 0.839. The van der Waals surface area contributed by atoms with Gasteiger partial charge < -0.3 is 10.1 Å². The van der Waals surface area contributed by atoms with Crippen molar-refractivity contribution in [2.24, 2.45) is 0 Å². The summed E-state index contributed by atoms with van der Waals surface area (Å²) in [6.45, 7) is -0.487. The summed E-state index contributed by atoms with van der Waals surface area (Å²) < 4.78 is 5.59. The molecular weight excluding hydrogens is 419 g/mol. The second-order valence-corrected chi connectivity index (χ2v) is 6.28. The standard InChI is InChI=1S/C16H9BrCl2N2O3/c17-10-2-4-13(18)12(5-10)16(23)24-8-15(22)21-11-3-1-9(7-20)14(19)6-11/h1-6H,8H2,(H,21,22). The van der Waals surface area contributed by atoms with Gasteiger partial charge in [-0.15, -0.1) is 0 Å². The predicted molar refractivity (Wildman–Crippen MR) is 94.2 cm³/mol. The first kappa shape index (κ1) is 18.3. The Morgan fingerprint density at radius 1 is 1.17 bits per heavy atom. The molecule has 0 bridgehead atoms. The molecule has 2 aromatic rings. The number of hydrogen-bond donors (Lipinski definition) is 1. The number of nitrogens with one attached hydrogen (secondary N) is 1. The lowest BCUT2D eigenvalue weighted by molar-refractivity contribution is -0.119. The number of rotatable bonds is 4. The van der Waals surface area contributed by atoms with Gasteiger partial charge >= 0.3 is 5.97 Å². The summed E-state index contributed by atoms with van der Waals surface area (Å²) >= 11 is 15.0. The zero-order valence-corrected chi connectivity index (χ0v) is 15.1. The molecule has 0 aliphatic carbocycles. The molecule has 0 unspecified atom stereocenters. The Balaban J connectivity index is 1.96. The normalized spacial score (nSPS) is 9.92. The quantitative estimate of drug-likeness (QED) is 0.732. The van der Waals surface area contributed by atoms with E-state index in [1.165, 1.54) is 24.3 Å². The maximum Gasteiger partial charge on any atom is 0.340 e. The highest BCUT2D eigenvalue weighted by molar-refractivity contribution is 9.10. The Kier molecular flexibility index (Phi) is 6.21. The molecule has 0 heterocycles. The molecule has 5 nitrogen and oxygen atoms in total. The van der Waals surface area contributed by atoms with Gasteiger partial charge in [0.05, 0.1) is 21.2 Å². The van der Waals surface area contributed by atoms with E-state index >= 15 is 0 Å². The average molecular weight is 428 g/mol. The summed E-state index contributed by atoms with van der Waals surface area (Å²) in [5.74, 6) is -1.26. The first-order valence-electron chi connectivity index (χ1n) is 6.52. The predicted octanol–water partition coefficient (Wildman–Crippen LogP) is 4.42. The fourth-order valence-corrected chi connectivity index (χ4v) is 2.52. The van der Waals surface area contributed by atoms with Gasteiger partial charge in [-0.3, -0.25) is 4.79 Å². The summed E-state index contributed by atoms with van der Waals surface area (Å²) in [6, 6.07) is 11.1. The van der Waals surface area contributed by atoms with Crippen molar-refractivity contribution >= 4 is 56.7 Å². The van der Waals surface area contributed by atoms with Crippen LogP contribution >= 0.6 is 39.1 Å². The van der Waals surface area contributed by atoms with Crippen LogP contribution in [0.1, 0.15) is 15.9 Å². The maximum atomic E-state index is 11.9. The third-order valence-electron chi connectivity index (χ3n) is 2.86. The third-order valence-corrected chi connectivity index (χ3v) is 3.99. The molecule has 0 aliphatic rings. The maximum absolute atomic E-state index is 11.9. The molecule has 0 fully saturated rings. The van der Waals surface area contributed by atoms with Crippen molar-refractivity contribution < 1.29 is 14.3 Å². The molecule has 0 aromatic heterocycles. The molecule has 122 valence electrons. The first-order valence-corrected chi connectivity index (χ1v) is 8.07. The van der Waals surface area contributed by atoms with Gasteiger partial charge in [0.25, 0.3) is 5.91 Å². The molecule has 0 spiro atoms. The summed E-state index contributed by atoms with van der Waals surface area (Å²) in [4.78, 5) is 23.8. The lowest BCUT2D eigenvalue weighted by Crippen LogP contribution is -2.21. The number of nitrogens with zero attached hydrogens (tertiary/aromatic N) is 1. The number of ether oxygens (including phenoxy) is 1. The second kappa shape index (κ2) is 8.15. The summed E-state index contributed by atoms with van der Waals surface area (Å²) in [5, 5.41) is 11.7. The monoisotopic (exact) mass is 426 g/mol. The van der Waals surface area contributed by atoms with Crippen molar-refractivity contribution in [3.05, 3.63) is 62.0 Å². The van der Waals surface area contributed by atoms with E-state index in [2.05, 4.69) is 21.2 Å². The molecule has 1 amide bonds. The Bertz CT molecular complexity index is 850. The number of nitriles is 1. The number of benzene rings is 2. The van der Waals surface area contributed by atoms with E-state index in [0.717, 1.165) is 0 Å². The minimum absolute atomic E-state index is 0.153. The number of hydrogen-bond acceptors (Lipinski definition) is 4. The van der Waals surface area contributed by atoms with Crippen LogP contribution in [0.25, 0.3) is 0 Å². The second-order valence-electron chi connectivity index (χ2n) is 4.55. The largest absolute Gasteiger partial charge is 0.452 e. The molecule has 2 aromatic carbocycles. The highest BCUT2D eigenvalue weighted by Crippen LogP contribution is 2.22. The SMILES string of the molecule is N#Cc1ccc(NC(=O)COC(=O)c2cc(Br)ccc2Cl)cc1Cl. The molecule has 0 saturated carbocycles. The zero-order valence-electron chi connectivity index (χ0n) is 12.0. The Labute approximate surface area is 156 Å². The minimum Gasteiger partial charge on any atom is -0.452 e. The van der Waals surface area contributed by atoms with E-state index in [4.69, 9.17) is 33.2 Å². The molecule has 0 saturated heterocycles. The topological polar surface area (TPSA) is 79.2 Å². The molecule has 0 aliphatic heterocycles. The third kappa shape index (κ3) is 4.71. The van der Waals surface area contributed by atoms with Crippen molar-refractivity contribution in [1.29, 1.82) is 5.26 Å². The molecule has 1 N–H and O–H groups in total. The first-order chi connectivity index (χ1) is 11.4. The van der Waals surface area contributed by atoms with Crippen molar-refractivity contribution in [2.75, 3.05) is 11.9 Å². The minimum atomic E-state index is -0.714. The molecular formula is C16H9BrCl2N2O3. The number of amides is 1. The van der Waals surface area contributed by atoms with Crippen LogP contribution in [-0.4, -0.2) is 18.5 Å². The van der Waals surface area contributed by atoms with Crippen LogP contribution in [0.15, 0.2) is 40.9 Å². The lowest BCUT2D eigenvalue weighted by Gasteiger charge is -2.08. The van der Waals surface area contributed by atoms with Gasteiger partial charge in [-0.05, 0) is 36.4 Å². The van der Waals surface area contributed by atoms with Crippen molar-refractivity contribution in [3.8, 4) is 6.07 Å². The fourth-order valence-electron chi connectivity index (χ4n) is 1.74. The van der Waals surface area contributed by atoms with Gasteiger partial charge in [0.15, 0.2) is 6.61 Å². The Morgan fingerprint density at radius 3 is 2.58 bits per heavy atom. The van der Waals surface area contributed by atoms with E-state index in [1.54, 1.807) is 12.1 Å². The number of esters is 1. The van der Waals surface area contributed by atoms with E-state index < -0.39 is 18.5 Å². The van der Waals surface area contributed by atoms with Gasteiger partial charge in [0.2, 0.25) is 0 Å². The molecule has 2 rings (SSSR count). The van der Waals surface area contributed by atoms with Gasteiger partial charge in [-0.2, -0.15) is 5.26 Å². The van der Waals surface area contributed by atoms with Crippen LogP contribution in [0.5, 0.6) is 0 Å². The van der Waals surface area contributed by atoms with E-state index in [-0.39, 0.29) is 15.6 Å². The number of halogens is 3. The van der Waals surface area contributed by atoms with Crippen LogP contribution in [0.4, 0.5) is 5.69 Å². The van der Waals surface area contributed by atoms with Crippen LogP contribution in [-0.2, 0) is 9.53 Å². The Morgan fingerprint density at radius 2 is 1.92 bits per heavy atom. The number of carbonyl (C=O) groups excluding carboxylic acids is 2. The molecule has 0 atom stereocenters. The highest BCUT2D eigenvalue weighted by Gasteiger charge is 2.14. The van der Waals surface area contributed by atoms with Gasteiger partial charge in [-0.25, -0.2) is 4.79 Å². The highest BCUT2D eigenvalue weighted by atomic mass is 79.9. The van der Waals surface area contributed by atoms with Gasteiger partial charge in [0, 0.05) is 10.2 Å². The van der Waals surface area contributed by atoms with E-state index in [1.807, 2.05) is 6.07 Å². The fraction of sp³-hybridized carbons (Fsp3) is 0.0625. The van der Waals surface area contributed by atoms with Gasteiger partial charge in [-0.1, -0.05) is 39.1 Å². The zero-order chi connectivity index (χ0) is 17.7. The van der Waals surface area contributed by atoms with Crippen molar-refractivity contribution in [2.45, 2.75) is 0 Å². The van der Waals surface area contributed by atoms with Gasteiger partial charge in [0.1, 0.15) is 6.07 Å². The van der Waals surface area contributed by atoms with Crippen LogP contribution in [0.2, 0.25) is 10.0 Å². The smallest absolute Gasteiger partial charge is 0.340 e. The average Bonchev–Trinajstić information content (AvgIpc) is 2.55. The molecule has 0 radical (unpaired) electrons. The lowest BCUT2D eigenvalue weighted by atomic mass is 10.2. The molecule has 8 heteroatoms. The summed E-state index contributed by atoms with van der Waals surface area (Å²) in [6.07, 6.45) is 0. The van der Waals surface area contributed by atoms with E-state index in [9.17, 15) is 9.59 Å². The van der Waals surface area contributed by atoms with Crippen LogP contribution in [0, 0.1) is 11.3 Å². The van der Waals surface area contributed by atoms with E-state index in [0.29, 0.717) is 15.7 Å². The van der Waals surface area contributed by atoms with Crippen LogP contribution in [0.3, 0.4) is 0 Å². The van der Waals surface area contributed by atoms with Crippen molar-refractivity contribution in [3.63, 3.8) is 0 Å². The van der Waals surface area contributed by atoms with Crippen LogP contribution < -0.4 is 5.32 Å². The Hall–Kier alpha value is -2.07.